The van der Waals surface area contributed by atoms with Crippen molar-refractivity contribution in [1.82, 2.24) is 4.57 Å². The van der Waals surface area contributed by atoms with Crippen LogP contribution >= 0.6 is 0 Å². The molecule has 0 aliphatic rings. The maximum Gasteiger partial charge on any atom is 0.271 e. The second-order valence-corrected chi connectivity index (χ2v) is 6.34. The van der Waals surface area contributed by atoms with Crippen molar-refractivity contribution in [3.63, 3.8) is 0 Å². The van der Waals surface area contributed by atoms with Crippen LogP contribution in [0.25, 0.3) is 0 Å². The molecule has 0 spiro atoms. The van der Waals surface area contributed by atoms with Gasteiger partial charge in [0, 0.05) is 12.1 Å². The van der Waals surface area contributed by atoms with Gasteiger partial charge in [0.25, 0.3) is 5.56 Å². The average molecular weight is 352 g/mol. The molecule has 26 heavy (non-hydrogen) atoms. The summed E-state index contributed by atoms with van der Waals surface area (Å²) in [6.07, 6.45) is 3.85. The van der Waals surface area contributed by atoms with Gasteiger partial charge in [-0.3, -0.25) is 9.36 Å². The average Bonchev–Trinajstić information content (AvgIpc) is 2.63. The number of benzene rings is 1. The predicted molar refractivity (Wildman–Crippen MR) is 101 cm³/mol. The molecule has 1 aromatic heterocycles. The zero-order chi connectivity index (χ0) is 19.1. The third kappa shape index (κ3) is 4.37. The molecule has 0 aliphatic carbocycles. The first-order chi connectivity index (χ1) is 12.5. The van der Waals surface area contributed by atoms with Gasteiger partial charge in [-0.05, 0) is 32.4 Å². The Hall–Kier alpha value is -2.94. The molecule has 0 aliphatic heterocycles. The first-order valence-corrected chi connectivity index (χ1v) is 8.84. The Morgan fingerprint density at radius 2 is 1.81 bits per heavy atom. The summed E-state index contributed by atoms with van der Waals surface area (Å²) in [5.74, 6) is -0.237. The molecule has 0 atom stereocenters. The molecule has 1 heterocycles. The summed E-state index contributed by atoms with van der Waals surface area (Å²) in [7, 11) is 0. The number of nitrogens with zero attached hydrogens (tertiary/aromatic N) is 4. The van der Waals surface area contributed by atoms with Crippen LogP contribution in [0.3, 0.4) is 0 Å². The van der Waals surface area contributed by atoms with E-state index < -0.39 is 5.56 Å². The van der Waals surface area contributed by atoms with Crippen molar-refractivity contribution in [3.05, 3.63) is 51.3 Å². The molecule has 2 rings (SSSR count). The van der Waals surface area contributed by atoms with E-state index in [1.807, 2.05) is 37.3 Å². The van der Waals surface area contributed by atoms with Crippen molar-refractivity contribution in [1.29, 1.82) is 5.26 Å². The summed E-state index contributed by atoms with van der Waals surface area (Å²) >= 11 is 0. The van der Waals surface area contributed by atoms with E-state index in [4.69, 9.17) is 0 Å². The number of nitriles is 1. The van der Waals surface area contributed by atoms with Gasteiger partial charge in [-0.25, -0.2) is 0 Å². The number of aromatic nitrogens is 1. The highest BCUT2D eigenvalue weighted by molar-refractivity contribution is 5.59. The van der Waals surface area contributed by atoms with Crippen LogP contribution < -0.4 is 5.56 Å². The van der Waals surface area contributed by atoms with Gasteiger partial charge in [-0.2, -0.15) is 10.4 Å². The Kier molecular flexibility index (Phi) is 6.67. The van der Waals surface area contributed by atoms with E-state index in [1.165, 1.54) is 4.57 Å². The summed E-state index contributed by atoms with van der Waals surface area (Å²) in [5, 5.41) is 28.2. The Morgan fingerprint density at radius 3 is 2.42 bits per heavy atom. The van der Waals surface area contributed by atoms with Gasteiger partial charge in [-0.1, -0.05) is 43.9 Å². The van der Waals surface area contributed by atoms with Crippen molar-refractivity contribution in [2.24, 2.45) is 10.2 Å². The number of hydrogen-bond acceptors (Lipinski definition) is 5. The second kappa shape index (κ2) is 8.95. The number of hydrogen-bond donors (Lipinski definition) is 1. The van der Waals surface area contributed by atoms with E-state index in [-0.39, 0.29) is 17.1 Å². The number of pyridine rings is 1. The third-order valence-corrected chi connectivity index (χ3v) is 4.30. The fourth-order valence-corrected chi connectivity index (χ4v) is 2.68. The van der Waals surface area contributed by atoms with Crippen LogP contribution in [0.4, 0.5) is 11.4 Å². The Labute approximate surface area is 153 Å². The van der Waals surface area contributed by atoms with Crippen molar-refractivity contribution in [2.75, 3.05) is 0 Å². The maximum atomic E-state index is 12.5. The molecule has 0 radical (unpaired) electrons. The number of rotatable bonds is 7. The first-order valence-electron chi connectivity index (χ1n) is 8.84. The molecular formula is C20H24N4O2. The molecule has 1 aromatic carbocycles. The molecule has 6 heteroatoms. The Bertz CT molecular complexity index is 890. The lowest BCUT2D eigenvalue weighted by molar-refractivity contribution is 0.399. The second-order valence-electron chi connectivity index (χ2n) is 6.34. The predicted octanol–water partition coefficient (Wildman–Crippen LogP) is 5.04. The van der Waals surface area contributed by atoms with Crippen LogP contribution in [-0.2, 0) is 6.54 Å². The normalized spacial score (nSPS) is 11.0. The Morgan fingerprint density at radius 1 is 1.12 bits per heavy atom. The van der Waals surface area contributed by atoms with Crippen LogP contribution in [0.5, 0.6) is 5.88 Å². The Balaban J connectivity index is 2.42. The summed E-state index contributed by atoms with van der Waals surface area (Å²) in [4.78, 5) is 12.5. The molecule has 0 fully saturated rings. The molecule has 0 unspecified atom stereocenters. The summed E-state index contributed by atoms with van der Waals surface area (Å²) in [6, 6.07) is 9.39. The van der Waals surface area contributed by atoms with Gasteiger partial charge >= 0.3 is 0 Å². The quantitative estimate of drug-likeness (QED) is 0.559. The molecule has 0 bridgehead atoms. The minimum absolute atomic E-state index is 0.00357. The topological polar surface area (TPSA) is 90.7 Å². The van der Waals surface area contributed by atoms with Crippen molar-refractivity contribution < 1.29 is 5.11 Å². The fourth-order valence-electron chi connectivity index (χ4n) is 2.68. The SMILES string of the molecule is CCCCCCn1c(O)c(/N=N/c2ccc(C)cc2)c(C)c(C#N)c1=O. The smallest absolute Gasteiger partial charge is 0.271 e. The molecule has 0 saturated heterocycles. The third-order valence-electron chi connectivity index (χ3n) is 4.30. The van der Waals surface area contributed by atoms with Crippen LogP contribution in [0, 0.1) is 25.2 Å². The molecule has 0 amide bonds. The molecule has 0 saturated carbocycles. The number of unbranched alkanes of at least 4 members (excludes halogenated alkanes) is 3. The summed E-state index contributed by atoms with van der Waals surface area (Å²) in [6.45, 7) is 6.04. The van der Waals surface area contributed by atoms with E-state index in [2.05, 4.69) is 17.2 Å². The zero-order valence-corrected chi connectivity index (χ0v) is 15.5. The monoisotopic (exact) mass is 352 g/mol. The van der Waals surface area contributed by atoms with Crippen LogP contribution in [0.1, 0.15) is 49.3 Å². The molecular weight excluding hydrogens is 328 g/mol. The molecule has 136 valence electrons. The lowest BCUT2D eigenvalue weighted by Crippen LogP contribution is -2.24. The van der Waals surface area contributed by atoms with E-state index in [0.29, 0.717) is 17.8 Å². The van der Waals surface area contributed by atoms with E-state index in [1.54, 1.807) is 6.92 Å². The number of azo groups is 1. The lowest BCUT2D eigenvalue weighted by atomic mass is 10.1. The summed E-state index contributed by atoms with van der Waals surface area (Å²) < 4.78 is 1.23. The van der Waals surface area contributed by atoms with Crippen molar-refractivity contribution in [3.8, 4) is 11.9 Å². The number of aryl methyl sites for hydroxylation is 1. The van der Waals surface area contributed by atoms with Gasteiger partial charge in [-0.15, -0.1) is 5.11 Å². The molecule has 6 nitrogen and oxygen atoms in total. The van der Waals surface area contributed by atoms with E-state index >= 15 is 0 Å². The van der Waals surface area contributed by atoms with Crippen LogP contribution in [0.2, 0.25) is 0 Å². The first kappa shape index (κ1) is 19.4. The van der Waals surface area contributed by atoms with Gasteiger partial charge in [0.15, 0.2) is 5.69 Å². The standard InChI is InChI=1S/C20H24N4O2/c1-4-5-6-7-12-24-19(25)17(13-21)15(3)18(20(24)26)23-22-16-10-8-14(2)9-11-16/h8-11,26H,4-7,12H2,1-3H3/b23-22+. The molecule has 1 N–H and O–H groups in total. The van der Waals surface area contributed by atoms with Crippen LogP contribution in [0.15, 0.2) is 39.3 Å². The minimum Gasteiger partial charge on any atom is -0.493 e. The van der Waals surface area contributed by atoms with Gasteiger partial charge in [0.05, 0.1) is 5.69 Å². The van der Waals surface area contributed by atoms with Gasteiger partial charge < -0.3 is 5.11 Å². The number of aromatic hydroxyl groups is 1. The largest absolute Gasteiger partial charge is 0.493 e. The molecule has 2 aromatic rings. The fraction of sp³-hybridized carbons (Fsp3) is 0.400. The zero-order valence-electron chi connectivity index (χ0n) is 15.5. The van der Waals surface area contributed by atoms with E-state index in [9.17, 15) is 15.2 Å². The van der Waals surface area contributed by atoms with Crippen molar-refractivity contribution in [2.45, 2.75) is 53.0 Å². The highest BCUT2D eigenvalue weighted by Gasteiger charge is 2.18. The van der Waals surface area contributed by atoms with Gasteiger partial charge in [0.2, 0.25) is 5.88 Å². The van der Waals surface area contributed by atoms with Crippen molar-refractivity contribution >= 4 is 11.4 Å². The van der Waals surface area contributed by atoms with Crippen LogP contribution in [-0.4, -0.2) is 9.67 Å². The highest BCUT2D eigenvalue weighted by atomic mass is 16.3. The maximum absolute atomic E-state index is 12.5. The minimum atomic E-state index is -0.478. The highest BCUT2D eigenvalue weighted by Crippen LogP contribution is 2.32. The van der Waals surface area contributed by atoms with Gasteiger partial charge in [0.1, 0.15) is 11.6 Å². The van der Waals surface area contributed by atoms with E-state index in [0.717, 1.165) is 31.2 Å². The summed E-state index contributed by atoms with van der Waals surface area (Å²) in [5.41, 5.74) is 1.77. The lowest BCUT2D eigenvalue weighted by Gasteiger charge is -2.13.